The molecule has 4 rings (SSSR count). The lowest BCUT2D eigenvalue weighted by atomic mass is 9.99. The van der Waals surface area contributed by atoms with Gasteiger partial charge in [-0.3, -0.25) is 4.79 Å². The molecule has 1 fully saturated rings. The molecule has 1 aromatic heterocycles. The lowest BCUT2D eigenvalue weighted by Gasteiger charge is -2.31. The molecule has 28 heavy (non-hydrogen) atoms. The van der Waals surface area contributed by atoms with Crippen LogP contribution in [0.15, 0.2) is 35.2 Å². The Bertz CT molecular complexity index is 1040. The number of anilines is 1. The van der Waals surface area contributed by atoms with Gasteiger partial charge in [0.25, 0.3) is 0 Å². The molecular weight excluding hydrogens is 394 g/mol. The summed E-state index contributed by atoms with van der Waals surface area (Å²) in [5.41, 5.74) is 1.65. The Morgan fingerprint density at radius 2 is 2.00 bits per heavy atom. The first kappa shape index (κ1) is 19.1. The number of piperidine rings is 1. The Morgan fingerprint density at radius 1 is 1.21 bits per heavy atom. The molecule has 0 spiro atoms. The number of benzene rings is 1. The first-order valence-corrected chi connectivity index (χ1v) is 11.7. The molecule has 8 heteroatoms. The number of carbonyl (C=O) groups is 1. The van der Waals surface area contributed by atoms with E-state index in [0.717, 1.165) is 24.8 Å². The maximum absolute atomic E-state index is 12.9. The number of nitriles is 1. The number of amides is 1. The number of nitrogens with zero attached hydrogens (tertiary/aromatic N) is 2. The number of rotatable bonds is 4. The highest BCUT2D eigenvalue weighted by atomic mass is 32.2. The van der Waals surface area contributed by atoms with Gasteiger partial charge >= 0.3 is 0 Å². The van der Waals surface area contributed by atoms with E-state index in [0.29, 0.717) is 30.0 Å². The van der Waals surface area contributed by atoms with Crippen molar-refractivity contribution < 1.29 is 13.2 Å². The Balaban J connectivity index is 1.50. The molecule has 1 atom stereocenters. The number of sulfonamides is 1. The second-order valence-corrected chi connectivity index (χ2v) is 10.2. The number of hydrogen-bond donors (Lipinski definition) is 1. The smallest absolute Gasteiger partial charge is 0.243 e. The van der Waals surface area contributed by atoms with Crippen LogP contribution in [-0.4, -0.2) is 31.7 Å². The Labute approximate surface area is 168 Å². The lowest BCUT2D eigenvalue weighted by Crippen LogP contribution is -2.43. The maximum atomic E-state index is 12.9. The van der Waals surface area contributed by atoms with Crippen molar-refractivity contribution in [2.75, 3.05) is 18.4 Å². The number of thiophene rings is 1. The molecule has 1 aromatic carbocycles. The number of fused-ring (bicyclic) bond motifs is 1. The standard InChI is InChI=1S/C20H21N3O3S2/c21-12-17-16-9-4-10-18(16)27-20(17)22-19(24)14-6-5-11-23(13-14)28(25,26)15-7-2-1-3-8-15/h1-3,7-8,14H,4-6,9-11,13H2,(H,22,24). The molecule has 1 aliphatic carbocycles. The van der Waals surface area contributed by atoms with Crippen LogP contribution >= 0.6 is 11.3 Å². The van der Waals surface area contributed by atoms with Gasteiger partial charge in [-0.05, 0) is 49.8 Å². The van der Waals surface area contributed by atoms with E-state index in [4.69, 9.17) is 0 Å². The highest BCUT2D eigenvalue weighted by Crippen LogP contribution is 2.39. The van der Waals surface area contributed by atoms with Crippen molar-refractivity contribution in [2.45, 2.75) is 37.0 Å². The van der Waals surface area contributed by atoms with Crippen LogP contribution in [0.5, 0.6) is 0 Å². The van der Waals surface area contributed by atoms with E-state index in [9.17, 15) is 18.5 Å². The van der Waals surface area contributed by atoms with Crippen LogP contribution in [0.3, 0.4) is 0 Å². The van der Waals surface area contributed by atoms with Gasteiger partial charge in [0.15, 0.2) is 0 Å². The average molecular weight is 416 g/mol. The molecule has 1 amide bonds. The lowest BCUT2D eigenvalue weighted by molar-refractivity contribution is -0.120. The average Bonchev–Trinajstić information content (AvgIpc) is 3.29. The third-order valence-corrected chi connectivity index (χ3v) is 8.49. The number of nitrogens with one attached hydrogen (secondary N) is 1. The monoisotopic (exact) mass is 415 g/mol. The van der Waals surface area contributed by atoms with Crippen LogP contribution < -0.4 is 5.32 Å². The maximum Gasteiger partial charge on any atom is 0.243 e. The Hall–Kier alpha value is -2.21. The summed E-state index contributed by atoms with van der Waals surface area (Å²) in [6.45, 7) is 0.577. The van der Waals surface area contributed by atoms with Crippen LogP contribution in [0.2, 0.25) is 0 Å². The van der Waals surface area contributed by atoms with E-state index in [1.54, 1.807) is 30.3 Å². The third kappa shape index (κ3) is 3.46. The molecule has 0 saturated carbocycles. The molecule has 0 bridgehead atoms. The first-order chi connectivity index (χ1) is 13.5. The predicted molar refractivity (Wildman–Crippen MR) is 108 cm³/mol. The summed E-state index contributed by atoms with van der Waals surface area (Å²) in [6, 6.07) is 10.5. The van der Waals surface area contributed by atoms with Crippen molar-refractivity contribution in [3.05, 3.63) is 46.3 Å². The summed E-state index contributed by atoms with van der Waals surface area (Å²) in [5.74, 6) is -0.625. The van der Waals surface area contributed by atoms with Gasteiger partial charge in [-0.1, -0.05) is 18.2 Å². The molecule has 1 saturated heterocycles. The largest absolute Gasteiger partial charge is 0.316 e. The van der Waals surface area contributed by atoms with Crippen LogP contribution in [0, 0.1) is 17.2 Å². The van der Waals surface area contributed by atoms with Crippen molar-refractivity contribution in [2.24, 2.45) is 5.92 Å². The van der Waals surface area contributed by atoms with Gasteiger partial charge in [-0.15, -0.1) is 11.3 Å². The molecule has 1 N–H and O–H groups in total. The highest BCUT2D eigenvalue weighted by molar-refractivity contribution is 7.89. The van der Waals surface area contributed by atoms with Crippen molar-refractivity contribution >= 4 is 32.3 Å². The summed E-state index contributed by atoms with van der Waals surface area (Å²) < 4.78 is 27.1. The molecule has 1 aliphatic heterocycles. The van der Waals surface area contributed by atoms with E-state index < -0.39 is 15.9 Å². The molecule has 6 nitrogen and oxygen atoms in total. The van der Waals surface area contributed by atoms with Crippen LogP contribution in [0.25, 0.3) is 0 Å². The van der Waals surface area contributed by atoms with E-state index in [1.165, 1.54) is 20.5 Å². The van der Waals surface area contributed by atoms with Gasteiger partial charge in [0.1, 0.15) is 11.1 Å². The zero-order valence-corrected chi connectivity index (χ0v) is 17.0. The van der Waals surface area contributed by atoms with Crippen molar-refractivity contribution in [3.63, 3.8) is 0 Å². The second kappa shape index (κ2) is 7.66. The molecule has 2 aliphatic rings. The van der Waals surface area contributed by atoms with Crippen molar-refractivity contribution in [3.8, 4) is 6.07 Å². The number of hydrogen-bond acceptors (Lipinski definition) is 5. The summed E-state index contributed by atoms with van der Waals surface area (Å²) >= 11 is 1.48. The van der Waals surface area contributed by atoms with Crippen molar-refractivity contribution in [1.82, 2.24) is 4.31 Å². The fourth-order valence-electron chi connectivity index (χ4n) is 3.94. The normalized spacial score (nSPS) is 19.8. The van der Waals surface area contributed by atoms with Crippen LogP contribution in [0.4, 0.5) is 5.00 Å². The van der Waals surface area contributed by atoms with Gasteiger partial charge in [0, 0.05) is 18.0 Å². The molecular formula is C20H21N3O3S2. The molecule has 2 heterocycles. The molecule has 146 valence electrons. The summed E-state index contributed by atoms with van der Waals surface area (Å²) in [7, 11) is -3.61. The third-order valence-electron chi connectivity index (χ3n) is 5.41. The SMILES string of the molecule is N#Cc1c(NC(=O)C2CCCN(S(=O)(=O)c3ccccc3)C2)sc2c1CCC2. The Morgan fingerprint density at radius 3 is 2.75 bits per heavy atom. The minimum atomic E-state index is -3.61. The van der Waals surface area contributed by atoms with E-state index in [2.05, 4.69) is 11.4 Å². The summed E-state index contributed by atoms with van der Waals surface area (Å²) in [6.07, 6.45) is 4.17. The van der Waals surface area contributed by atoms with Gasteiger partial charge in [0.05, 0.1) is 16.4 Å². The summed E-state index contributed by atoms with van der Waals surface area (Å²) in [5, 5.41) is 13.0. The van der Waals surface area contributed by atoms with Crippen LogP contribution in [0.1, 0.15) is 35.3 Å². The molecule has 0 radical (unpaired) electrons. The number of carbonyl (C=O) groups excluding carboxylic acids is 1. The highest BCUT2D eigenvalue weighted by Gasteiger charge is 2.34. The topological polar surface area (TPSA) is 90.3 Å². The molecule has 2 aromatic rings. The quantitative estimate of drug-likeness (QED) is 0.831. The zero-order valence-electron chi connectivity index (χ0n) is 15.3. The van der Waals surface area contributed by atoms with E-state index >= 15 is 0 Å². The number of aryl methyl sites for hydroxylation is 1. The van der Waals surface area contributed by atoms with Crippen LogP contribution in [-0.2, 0) is 27.7 Å². The zero-order chi connectivity index (χ0) is 19.7. The van der Waals surface area contributed by atoms with E-state index in [-0.39, 0.29) is 17.3 Å². The Kier molecular flexibility index (Phi) is 5.23. The fourth-order valence-corrected chi connectivity index (χ4v) is 6.73. The molecule has 1 unspecified atom stereocenters. The minimum Gasteiger partial charge on any atom is -0.316 e. The van der Waals surface area contributed by atoms with E-state index in [1.807, 2.05) is 0 Å². The van der Waals surface area contributed by atoms with Gasteiger partial charge in [-0.2, -0.15) is 9.57 Å². The minimum absolute atomic E-state index is 0.163. The van der Waals surface area contributed by atoms with Gasteiger partial charge in [-0.25, -0.2) is 8.42 Å². The predicted octanol–water partition coefficient (Wildman–Crippen LogP) is 3.15. The van der Waals surface area contributed by atoms with Gasteiger partial charge in [0.2, 0.25) is 15.9 Å². The van der Waals surface area contributed by atoms with Crippen molar-refractivity contribution in [1.29, 1.82) is 5.26 Å². The summed E-state index contributed by atoms with van der Waals surface area (Å²) in [4.78, 5) is 14.3. The fraction of sp³-hybridized carbons (Fsp3) is 0.400. The second-order valence-electron chi connectivity index (χ2n) is 7.18. The first-order valence-electron chi connectivity index (χ1n) is 9.41. The van der Waals surface area contributed by atoms with Gasteiger partial charge < -0.3 is 5.32 Å².